The zero-order chi connectivity index (χ0) is 20.1. The van der Waals surface area contributed by atoms with Crippen LogP contribution in [-0.2, 0) is 19.1 Å². The second kappa shape index (κ2) is 9.20. The van der Waals surface area contributed by atoms with E-state index in [4.69, 9.17) is 28.6 Å². The summed E-state index contributed by atoms with van der Waals surface area (Å²) in [7, 11) is 0. The number of halogens is 1. The first kappa shape index (κ1) is 20.3. The molecule has 9 nitrogen and oxygen atoms in total. The predicted molar refractivity (Wildman–Crippen MR) is 107 cm³/mol. The number of hydrogen-bond acceptors (Lipinski definition) is 7. The molecule has 0 aromatic heterocycles. The van der Waals surface area contributed by atoms with Gasteiger partial charge in [-0.2, -0.15) is 5.10 Å². The molecule has 2 fully saturated rings. The molecule has 28 heavy (non-hydrogen) atoms. The van der Waals surface area contributed by atoms with Crippen LogP contribution in [0.3, 0.4) is 0 Å². The van der Waals surface area contributed by atoms with Crippen molar-refractivity contribution in [2.24, 2.45) is 11.0 Å². The predicted octanol–water partition coefficient (Wildman–Crippen LogP) is 0.138. The zero-order valence-electron chi connectivity index (χ0n) is 14.8. The van der Waals surface area contributed by atoms with Crippen molar-refractivity contribution in [3.8, 4) is 0 Å². The quantitative estimate of drug-likeness (QED) is 0.302. The van der Waals surface area contributed by atoms with Crippen molar-refractivity contribution in [3.63, 3.8) is 0 Å². The average molecular weight is 424 g/mol. The van der Waals surface area contributed by atoms with E-state index in [0.29, 0.717) is 37.0 Å². The number of ether oxygens (including phenoxy) is 1. The summed E-state index contributed by atoms with van der Waals surface area (Å²) in [5.74, 6) is -2.73. The Morgan fingerprint density at radius 1 is 1.32 bits per heavy atom. The average Bonchev–Trinajstić information content (AvgIpc) is 2.66. The van der Waals surface area contributed by atoms with Crippen LogP contribution in [0, 0.1) is 5.92 Å². The maximum absolute atomic E-state index is 12.7. The smallest absolute Gasteiger partial charge is 0.254 e. The fourth-order valence-electron chi connectivity index (χ4n) is 2.74. The largest absolute Gasteiger partial charge is 0.379 e. The molecule has 0 spiro atoms. The molecular formula is C17H18ClN5O4S. The highest BCUT2D eigenvalue weighted by atomic mass is 35.5. The minimum Gasteiger partial charge on any atom is -0.379 e. The fraction of sp³-hybridized carbons (Fsp3) is 0.353. The van der Waals surface area contributed by atoms with E-state index in [2.05, 4.69) is 15.8 Å². The number of rotatable bonds is 5. The van der Waals surface area contributed by atoms with Gasteiger partial charge in [0, 0.05) is 24.3 Å². The van der Waals surface area contributed by atoms with Gasteiger partial charge in [0.2, 0.25) is 5.91 Å². The number of nitrogens with zero attached hydrogens (tertiary/aromatic N) is 3. The fourth-order valence-corrected chi connectivity index (χ4v) is 3.16. The van der Waals surface area contributed by atoms with Crippen LogP contribution >= 0.6 is 23.8 Å². The van der Waals surface area contributed by atoms with E-state index in [9.17, 15) is 14.4 Å². The third-order valence-corrected chi connectivity index (χ3v) is 4.71. The van der Waals surface area contributed by atoms with Crippen LogP contribution < -0.4 is 15.6 Å². The molecule has 3 amide bonds. The van der Waals surface area contributed by atoms with Crippen LogP contribution in [0.2, 0.25) is 5.02 Å². The van der Waals surface area contributed by atoms with Gasteiger partial charge < -0.3 is 10.1 Å². The number of benzene rings is 1. The Kier molecular flexibility index (Phi) is 6.68. The van der Waals surface area contributed by atoms with Crippen molar-refractivity contribution in [1.82, 2.24) is 15.6 Å². The van der Waals surface area contributed by atoms with Gasteiger partial charge >= 0.3 is 0 Å². The number of carbonyl (C=O) groups excluding carboxylic acids is 3. The molecule has 2 N–H and O–H groups in total. The molecule has 148 valence electrons. The van der Waals surface area contributed by atoms with Crippen LogP contribution in [0.5, 0.6) is 0 Å². The van der Waals surface area contributed by atoms with Crippen molar-refractivity contribution in [2.75, 3.05) is 37.7 Å². The van der Waals surface area contributed by atoms with Crippen molar-refractivity contribution >= 4 is 58.6 Å². The summed E-state index contributed by atoms with van der Waals surface area (Å²) in [5.41, 5.74) is 2.81. The Labute approximate surface area is 171 Å². The summed E-state index contributed by atoms with van der Waals surface area (Å²) < 4.78 is 5.22. The van der Waals surface area contributed by atoms with E-state index in [1.54, 1.807) is 24.3 Å². The Morgan fingerprint density at radius 3 is 2.68 bits per heavy atom. The lowest BCUT2D eigenvalue weighted by Gasteiger charge is -2.30. The summed E-state index contributed by atoms with van der Waals surface area (Å²) in [6.07, 6.45) is 1.10. The van der Waals surface area contributed by atoms with E-state index in [-0.39, 0.29) is 17.6 Å². The summed E-state index contributed by atoms with van der Waals surface area (Å²) in [6.45, 7) is 2.64. The van der Waals surface area contributed by atoms with E-state index >= 15 is 0 Å². The van der Waals surface area contributed by atoms with Gasteiger partial charge in [-0.25, -0.2) is 5.43 Å². The molecule has 0 bridgehead atoms. The molecule has 0 saturated carbocycles. The molecule has 2 aliphatic rings. The molecule has 2 aliphatic heterocycles. The van der Waals surface area contributed by atoms with Crippen LogP contribution in [0.4, 0.5) is 5.69 Å². The molecule has 11 heteroatoms. The lowest BCUT2D eigenvalue weighted by atomic mass is 10.1. The van der Waals surface area contributed by atoms with Gasteiger partial charge in [-0.05, 0) is 36.5 Å². The highest BCUT2D eigenvalue weighted by Gasteiger charge is 2.38. The van der Waals surface area contributed by atoms with Gasteiger partial charge in [-0.1, -0.05) is 11.6 Å². The first-order chi connectivity index (χ1) is 13.5. The van der Waals surface area contributed by atoms with E-state index in [1.807, 2.05) is 4.90 Å². The Hall–Kier alpha value is -2.40. The van der Waals surface area contributed by atoms with Crippen molar-refractivity contribution in [3.05, 3.63) is 29.3 Å². The minimum atomic E-state index is -1.22. The van der Waals surface area contributed by atoms with Gasteiger partial charge in [0.15, 0.2) is 11.0 Å². The molecule has 1 aromatic carbocycles. The number of amides is 3. The second-order valence-corrected chi connectivity index (χ2v) is 6.95. The molecule has 2 heterocycles. The maximum atomic E-state index is 12.7. The van der Waals surface area contributed by atoms with Crippen molar-refractivity contribution in [2.45, 2.75) is 0 Å². The SMILES string of the molecule is O=C(CN1CCOCC1)N/N=C/[C@@H]1C(=O)NC(=S)N(c2ccc(Cl)cc2)C1=O. The Balaban J connectivity index is 1.63. The van der Waals surface area contributed by atoms with Gasteiger partial charge in [-0.15, -0.1) is 0 Å². The number of hydrogen-bond donors (Lipinski definition) is 2. The van der Waals surface area contributed by atoms with Crippen LogP contribution in [0.25, 0.3) is 0 Å². The number of carbonyl (C=O) groups is 3. The van der Waals surface area contributed by atoms with Crippen molar-refractivity contribution < 1.29 is 19.1 Å². The molecule has 3 rings (SSSR count). The monoisotopic (exact) mass is 423 g/mol. The Bertz CT molecular complexity index is 810. The van der Waals surface area contributed by atoms with Crippen LogP contribution in [-0.4, -0.2) is 66.8 Å². The van der Waals surface area contributed by atoms with Crippen LogP contribution in [0.15, 0.2) is 29.4 Å². The van der Waals surface area contributed by atoms with Crippen LogP contribution in [0.1, 0.15) is 0 Å². The highest BCUT2D eigenvalue weighted by molar-refractivity contribution is 7.80. The number of hydrazone groups is 1. The summed E-state index contributed by atoms with van der Waals surface area (Å²) in [6, 6.07) is 6.45. The van der Waals surface area contributed by atoms with Crippen molar-refractivity contribution in [1.29, 1.82) is 0 Å². The third kappa shape index (κ3) is 4.90. The minimum absolute atomic E-state index is 0.0293. The van der Waals surface area contributed by atoms with Gasteiger partial charge in [0.25, 0.3) is 11.8 Å². The number of morpholine rings is 1. The summed E-state index contributed by atoms with van der Waals surface area (Å²) >= 11 is 11.0. The first-order valence-corrected chi connectivity index (χ1v) is 9.31. The van der Waals surface area contributed by atoms with E-state index < -0.39 is 17.7 Å². The molecule has 0 unspecified atom stereocenters. The van der Waals surface area contributed by atoms with Gasteiger partial charge in [0.05, 0.1) is 25.4 Å². The first-order valence-electron chi connectivity index (χ1n) is 8.52. The normalized spacial score (nSPS) is 21.1. The zero-order valence-corrected chi connectivity index (χ0v) is 16.3. The van der Waals surface area contributed by atoms with E-state index in [1.165, 1.54) is 4.90 Å². The maximum Gasteiger partial charge on any atom is 0.254 e. The standard InChI is InChI=1S/C17H18ClN5O4S/c18-11-1-3-12(4-2-11)23-16(26)13(15(25)20-17(23)28)9-19-21-14(24)10-22-5-7-27-8-6-22/h1-4,9,13H,5-8,10H2,(H,21,24)(H,20,25,28)/b19-9+/t13-/m1/s1. The molecule has 0 radical (unpaired) electrons. The second-order valence-electron chi connectivity index (χ2n) is 6.12. The topological polar surface area (TPSA) is 103 Å². The van der Waals surface area contributed by atoms with Gasteiger partial charge in [-0.3, -0.25) is 24.2 Å². The summed E-state index contributed by atoms with van der Waals surface area (Å²) in [4.78, 5) is 40.0. The molecule has 2 saturated heterocycles. The van der Waals surface area contributed by atoms with E-state index in [0.717, 1.165) is 6.21 Å². The number of anilines is 1. The molecule has 1 aromatic rings. The Morgan fingerprint density at radius 2 is 2.00 bits per heavy atom. The summed E-state index contributed by atoms with van der Waals surface area (Å²) in [5, 5.41) is 6.71. The lowest BCUT2D eigenvalue weighted by Crippen LogP contribution is -2.58. The third-order valence-electron chi connectivity index (χ3n) is 4.17. The molecule has 1 atom stereocenters. The number of nitrogens with one attached hydrogen (secondary N) is 2. The van der Waals surface area contributed by atoms with Gasteiger partial charge in [0.1, 0.15) is 0 Å². The number of thiocarbonyl (C=S) groups is 1. The highest BCUT2D eigenvalue weighted by Crippen LogP contribution is 2.22. The lowest BCUT2D eigenvalue weighted by molar-refractivity contribution is -0.130. The molecule has 0 aliphatic carbocycles. The molecular weight excluding hydrogens is 406 g/mol.